The zero-order valence-corrected chi connectivity index (χ0v) is 10.3. The number of halogens is 3. The second kappa shape index (κ2) is 4.81. The van der Waals surface area contributed by atoms with Crippen molar-refractivity contribution in [1.82, 2.24) is 9.88 Å². The van der Waals surface area contributed by atoms with E-state index in [9.17, 15) is 13.2 Å². The molecule has 0 atom stereocenters. The Morgan fingerprint density at radius 1 is 1.29 bits per heavy atom. The molecule has 3 nitrogen and oxygen atoms in total. The maximum absolute atomic E-state index is 12.2. The van der Waals surface area contributed by atoms with Gasteiger partial charge in [0.1, 0.15) is 0 Å². The lowest BCUT2D eigenvalue weighted by Crippen LogP contribution is -2.49. The smallest absolute Gasteiger partial charge is 0.346 e. The van der Waals surface area contributed by atoms with Crippen molar-refractivity contribution in [1.29, 1.82) is 0 Å². The highest BCUT2D eigenvalue weighted by Crippen LogP contribution is 2.24. The van der Waals surface area contributed by atoms with Crippen LogP contribution in [0.4, 0.5) is 18.3 Å². The number of hydrogen-bond donors (Lipinski definition) is 0. The number of nitrogens with zero attached hydrogens (tertiary/aromatic N) is 3. The fourth-order valence-corrected chi connectivity index (χ4v) is 2.65. The molecule has 1 aromatic rings. The predicted molar refractivity (Wildman–Crippen MR) is 61.6 cm³/mol. The van der Waals surface area contributed by atoms with Crippen LogP contribution < -0.4 is 4.90 Å². The quantitative estimate of drug-likeness (QED) is 0.816. The van der Waals surface area contributed by atoms with Gasteiger partial charge in [0.15, 0.2) is 5.13 Å². The molecule has 96 valence electrons. The van der Waals surface area contributed by atoms with Crippen molar-refractivity contribution in [3.05, 3.63) is 11.1 Å². The Labute approximate surface area is 102 Å². The van der Waals surface area contributed by atoms with Crippen molar-refractivity contribution < 1.29 is 13.2 Å². The molecule has 7 heteroatoms. The Morgan fingerprint density at radius 3 is 2.41 bits per heavy atom. The summed E-state index contributed by atoms with van der Waals surface area (Å²) in [4.78, 5) is 8.85. The van der Waals surface area contributed by atoms with Gasteiger partial charge in [-0.2, -0.15) is 13.2 Å². The summed E-state index contributed by atoms with van der Waals surface area (Å²) < 4.78 is 36.6. The van der Waals surface area contributed by atoms with E-state index in [2.05, 4.69) is 4.98 Å². The van der Waals surface area contributed by atoms with E-state index in [4.69, 9.17) is 0 Å². The first-order valence-corrected chi connectivity index (χ1v) is 6.22. The van der Waals surface area contributed by atoms with Gasteiger partial charge in [-0.3, -0.25) is 4.90 Å². The number of anilines is 1. The molecule has 0 aliphatic carbocycles. The lowest BCUT2D eigenvalue weighted by atomic mass is 10.3. The molecule has 0 spiro atoms. The van der Waals surface area contributed by atoms with Crippen LogP contribution in [0.5, 0.6) is 0 Å². The molecule has 2 heterocycles. The number of aromatic nitrogens is 1. The Bertz CT molecular complexity index is 369. The number of alkyl halides is 3. The maximum atomic E-state index is 12.2. The zero-order chi connectivity index (χ0) is 12.5. The Hall–Kier alpha value is -0.820. The van der Waals surface area contributed by atoms with Crippen molar-refractivity contribution >= 4 is 16.5 Å². The van der Waals surface area contributed by atoms with Gasteiger partial charge in [-0.05, 0) is 6.92 Å². The molecule has 1 saturated heterocycles. The third-order valence-corrected chi connectivity index (χ3v) is 3.63. The fourth-order valence-electron chi connectivity index (χ4n) is 1.84. The minimum Gasteiger partial charge on any atom is -0.346 e. The first kappa shape index (κ1) is 12.6. The van der Waals surface area contributed by atoms with Gasteiger partial charge in [0.05, 0.1) is 6.54 Å². The van der Waals surface area contributed by atoms with E-state index in [0.29, 0.717) is 26.2 Å². The summed E-state index contributed by atoms with van der Waals surface area (Å²) in [7, 11) is 0. The number of hydrogen-bond acceptors (Lipinski definition) is 4. The Balaban J connectivity index is 1.86. The van der Waals surface area contributed by atoms with Crippen LogP contribution in [0.3, 0.4) is 0 Å². The third-order valence-electron chi connectivity index (χ3n) is 2.65. The van der Waals surface area contributed by atoms with E-state index >= 15 is 0 Å². The molecule has 0 saturated carbocycles. The highest BCUT2D eigenvalue weighted by atomic mass is 32.1. The standard InChI is InChI=1S/C10H14F3N3S/c1-8-6-14-9(17-8)16-4-2-15(3-5-16)7-10(11,12)13/h6H,2-5,7H2,1H3. The van der Waals surface area contributed by atoms with Crippen molar-refractivity contribution in [2.24, 2.45) is 0 Å². The van der Waals surface area contributed by atoms with Crippen molar-refractivity contribution in [2.75, 3.05) is 37.6 Å². The van der Waals surface area contributed by atoms with Crippen LogP contribution in [0.2, 0.25) is 0 Å². The van der Waals surface area contributed by atoms with E-state index in [-0.39, 0.29) is 0 Å². The molecule has 1 fully saturated rings. The largest absolute Gasteiger partial charge is 0.401 e. The van der Waals surface area contributed by atoms with Crippen LogP contribution in [0.25, 0.3) is 0 Å². The number of aryl methyl sites for hydroxylation is 1. The fraction of sp³-hybridized carbons (Fsp3) is 0.700. The third kappa shape index (κ3) is 3.57. The molecular weight excluding hydrogens is 251 g/mol. The topological polar surface area (TPSA) is 19.4 Å². The summed E-state index contributed by atoms with van der Waals surface area (Å²) in [6.07, 6.45) is -2.30. The molecule has 17 heavy (non-hydrogen) atoms. The second-order valence-electron chi connectivity index (χ2n) is 4.13. The average Bonchev–Trinajstić information content (AvgIpc) is 2.63. The molecular formula is C10H14F3N3S. The van der Waals surface area contributed by atoms with Gasteiger partial charge in [0, 0.05) is 37.3 Å². The molecule has 0 unspecified atom stereocenters. The van der Waals surface area contributed by atoms with Gasteiger partial charge < -0.3 is 4.90 Å². The highest BCUT2D eigenvalue weighted by Gasteiger charge is 2.32. The second-order valence-corrected chi connectivity index (χ2v) is 5.35. The Kier molecular flexibility index (Phi) is 3.58. The molecule has 0 radical (unpaired) electrons. The molecule has 1 aliphatic heterocycles. The van der Waals surface area contributed by atoms with Crippen LogP contribution in [-0.4, -0.2) is 48.8 Å². The first-order chi connectivity index (χ1) is 7.94. The number of piperazine rings is 1. The highest BCUT2D eigenvalue weighted by molar-refractivity contribution is 7.15. The number of rotatable bonds is 2. The van der Waals surface area contributed by atoms with Crippen LogP contribution in [0, 0.1) is 6.92 Å². The van der Waals surface area contributed by atoms with Gasteiger partial charge in [-0.25, -0.2) is 4.98 Å². The van der Waals surface area contributed by atoms with Gasteiger partial charge >= 0.3 is 6.18 Å². The number of thiazole rings is 1. The van der Waals surface area contributed by atoms with Gasteiger partial charge in [0.25, 0.3) is 0 Å². The SMILES string of the molecule is Cc1cnc(N2CCN(CC(F)(F)F)CC2)s1. The van der Waals surface area contributed by atoms with E-state index in [1.807, 2.05) is 11.8 Å². The van der Waals surface area contributed by atoms with Crippen LogP contribution in [0.15, 0.2) is 6.20 Å². The molecule has 0 aromatic carbocycles. The van der Waals surface area contributed by atoms with Gasteiger partial charge in [-0.15, -0.1) is 11.3 Å². The van der Waals surface area contributed by atoms with E-state index in [1.54, 1.807) is 17.5 Å². The summed E-state index contributed by atoms with van der Waals surface area (Å²) in [5.74, 6) is 0. The summed E-state index contributed by atoms with van der Waals surface area (Å²) in [6.45, 7) is 3.28. The molecule has 0 N–H and O–H groups in total. The molecule has 0 amide bonds. The van der Waals surface area contributed by atoms with E-state index < -0.39 is 12.7 Å². The summed E-state index contributed by atoms with van der Waals surface area (Å²) in [5.41, 5.74) is 0. The van der Waals surface area contributed by atoms with Crippen molar-refractivity contribution in [3.63, 3.8) is 0 Å². The monoisotopic (exact) mass is 265 g/mol. The normalized spacial score (nSPS) is 18.7. The molecule has 0 bridgehead atoms. The molecule has 1 aliphatic rings. The van der Waals surface area contributed by atoms with Crippen molar-refractivity contribution in [3.8, 4) is 0 Å². The van der Waals surface area contributed by atoms with Crippen molar-refractivity contribution in [2.45, 2.75) is 13.1 Å². The minimum atomic E-state index is -4.10. The minimum absolute atomic E-state index is 0.443. The summed E-state index contributed by atoms with van der Waals surface area (Å²) in [5, 5.41) is 0.911. The summed E-state index contributed by atoms with van der Waals surface area (Å²) >= 11 is 1.58. The lowest BCUT2D eigenvalue weighted by Gasteiger charge is -2.34. The molecule has 2 rings (SSSR count). The zero-order valence-electron chi connectivity index (χ0n) is 9.50. The van der Waals surface area contributed by atoms with E-state index in [0.717, 1.165) is 10.0 Å². The lowest BCUT2D eigenvalue weighted by molar-refractivity contribution is -0.146. The first-order valence-electron chi connectivity index (χ1n) is 5.40. The van der Waals surface area contributed by atoms with E-state index in [1.165, 1.54) is 4.90 Å². The summed E-state index contributed by atoms with van der Waals surface area (Å²) in [6, 6.07) is 0. The Morgan fingerprint density at radius 2 is 1.94 bits per heavy atom. The molecule has 1 aromatic heterocycles. The van der Waals surface area contributed by atoms with Crippen LogP contribution in [-0.2, 0) is 0 Å². The van der Waals surface area contributed by atoms with Gasteiger partial charge in [0.2, 0.25) is 0 Å². The van der Waals surface area contributed by atoms with Gasteiger partial charge in [-0.1, -0.05) is 0 Å². The maximum Gasteiger partial charge on any atom is 0.401 e. The van der Waals surface area contributed by atoms with Crippen LogP contribution >= 0.6 is 11.3 Å². The predicted octanol–water partition coefficient (Wildman–Crippen LogP) is 2.14. The van der Waals surface area contributed by atoms with Crippen LogP contribution in [0.1, 0.15) is 4.88 Å². The average molecular weight is 265 g/mol.